The Balaban J connectivity index is 1.44. The van der Waals surface area contributed by atoms with Crippen LogP contribution in [0.4, 0.5) is 10.1 Å². The average Bonchev–Trinajstić information content (AvgIpc) is 3.34. The molecule has 2 heterocycles. The van der Waals surface area contributed by atoms with Crippen molar-refractivity contribution < 1.29 is 28.7 Å². The summed E-state index contributed by atoms with van der Waals surface area (Å²) < 4.78 is 14.0. The third-order valence-electron chi connectivity index (χ3n) is 10.1. The number of fused-ring (bicyclic) bond motifs is 5. The number of imide groups is 2. The molecule has 7 rings (SSSR count). The maximum atomic E-state index is 14.5. The molecule has 2 aliphatic heterocycles. The lowest BCUT2D eigenvalue weighted by atomic mass is 9.51. The first-order valence-corrected chi connectivity index (χ1v) is 14.6. The van der Waals surface area contributed by atoms with Crippen molar-refractivity contribution in [3.05, 3.63) is 82.6 Å². The first-order valence-electron chi connectivity index (χ1n) is 14.2. The standard InChI is InChI=1S/C33H28ClFN2O5/c1-3-36-29(39)20-12-11-19-22(26(20)31(36)41)15-23-30(40)37(17-9-13-25(35)24(34)14-17)32(42)33(23,2)27(19)21-10-8-16-6-4-5-7-18(16)28(21)38/h4-11,13-14,20,22-23,26-27,38H,3,12,15H2,1-2H3/t20-,22+,23-,26-,27+,33+/m0/s1. The maximum Gasteiger partial charge on any atom is 0.241 e. The zero-order chi connectivity index (χ0) is 29.7. The minimum absolute atomic E-state index is 0.00860. The summed E-state index contributed by atoms with van der Waals surface area (Å²) in [4.78, 5) is 57.8. The number of benzene rings is 3. The highest BCUT2D eigenvalue weighted by atomic mass is 35.5. The summed E-state index contributed by atoms with van der Waals surface area (Å²) in [5.41, 5.74) is 0.107. The lowest BCUT2D eigenvalue weighted by molar-refractivity contribution is -0.140. The van der Waals surface area contributed by atoms with E-state index < -0.39 is 52.6 Å². The Hall–Kier alpha value is -4.04. The number of hydrogen-bond donors (Lipinski definition) is 1. The Morgan fingerprint density at radius 2 is 1.76 bits per heavy atom. The van der Waals surface area contributed by atoms with Crippen molar-refractivity contribution in [3.63, 3.8) is 0 Å². The molecule has 0 radical (unpaired) electrons. The third kappa shape index (κ3) is 3.38. The molecule has 0 bridgehead atoms. The maximum absolute atomic E-state index is 14.5. The van der Waals surface area contributed by atoms with Gasteiger partial charge in [-0.15, -0.1) is 0 Å². The van der Waals surface area contributed by atoms with Gasteiger partial charge in [0.05, 0.1) is 33.9 Å². The zero-order valence-corrected chi connectivity index (χ0v) is 23.8. The molecule has 1 saturated carbocycles. The normalized spacial score (nSPS) is 30.5. The molecule has 42 heavy (non-hydrogen) atoms. The van der Waals surface area contributed by atoms with E-state index in [-0.39, 0.29) is 41.2 Å². The van der Waals surface area contributed by atoms with Crippen molar-refractivity contribution in [2.75, 3.05) is 11.4 Å². The van der Waals surface area contributed by atoms with Crippen LogP contribution in [0.2, 0.25) is 5.02 Å². The molecule has 2 saturated heterocycles. The van der Waals surface area contributed by atoms with Crippen molar-refractivity contribution in [1.82, 2.24) is 4.90 Å². The number of amides is 4. The van der Waals surface area contributed by atoms with Crippen molar-refractivity contribution in [3.8, 4) is 5.75 Å². The number of carbonyl (C=O) groups is 4. The number of phenols is 1. The first kappa shape index (κ1) is 26.8. The molecule has 0 spiro atoms. The van der Waals surface area contributed by atoms with Gasteiger partial charge in [0, 0.05) is 23.4 Å². The first-order chi connectivity index (χ1) is 20.1. The Kier molecular flexibility index (Phi) is 5.90. The Morgan fingerprint density at radius 3 is 2.50 bits per heavy atom. The van der Waals surface area contributed by atoms with E-state index in [1.54, 1.807) is 26.0 Å². The summed E-state index contributed by atoms with van der Waals surface area (Å²) in [5, 5.41) is 12.9. The van der Waals surface area contributed by atoms with Crippen LogP contribution >= 0.6 is 11.6 Å². The van der Waals surface area contributed by atoms with Gasteiger partial charge in [0.25, 0.3) is 0 Å². The number of aromatic hydroxyl groups is 1. The molecular weight excluding hydrogens is 559 g/mol. The van der Waals surface area contributed by atoms with E-state index in [0.29, 0.717) is 17.4 Å². The number of rotatable bonds is 3. The van der Waals surface area contributed by atoms with Crippen LogP contribution in [-0.4, -0.2) is 40.2 Å². The van der Waals surface area contributed by atoms with Crippen LogP contribution in [0.3, 0.4) is 0 Å². The number of nitrogens with zero attached hydrogens (tertiary/aromatic N) is 2. The monoisotopic (exact) mass is 586 g/mol. The van der Waals surface area contributed by atoms with Gasteiger partial charge in [0.1, 0.15) is 11.6 Å². The van der Waals surface area contributed by atoms with Crippen LogP contribution in [0.5, 0.6) is 5.75 Å². The zero-order valence-electron chi connectivity index (χ0n) is 23.0. The van der Waals surface area contributed by atoms with E-state index in [1.807, 2.05) is 30.3 Å². The van der Waals surface area contributed by atoms with Gasteiger partial charge >= 0.3 is 0 Å². The van der Waals surface area contributed by atoms with Crippen LogP contribution in [-0.2, 0) is 19.2 Å². The molecule has 2 aliphatic carbocycles. The second kappa shape index (κ2) is 9.23. The molecule has 214 valence electrons. The predicted molar refractivity (Wildman–Crippen MR) is 154 cm³/mol. The Labute approximate surface area is 246 Å². The number of allylic oxidation sites excluding steroid dienone is 2. The third-order valence-corrected chi connectivity index (χ3v) is 10.4. The largest absolute Gasteiger partial charge is 0.507 e. The van der Waals surface area contributed by atoms with Gasteiger partial charge in [0.15, 0.2) is 0 Å². The molecule has 0 aromatic heterocycles. The minimum atomic E-state index is -1.33. The lowest BCUT2D eigenvalue weighted by Crippen LogP contribution is -2.48. The SMILES string of the molecule is CCN1C(=O)[C@H]2[C@H](CC=C3[C@H]2C[C@H]2C(=O)N(c4ccc(F)c(Cl)c4)C(=O)[C@@]2(C)[C@H]3c2ccc3ccccc3c2O)C1=O. The van der Waals surface area contributed by atoms with Crippen LogP contribution in [0.1, 0.15) is 38.2 Å². The topological polar surface area (TPSA) is 95.0 Å². The molecule has 3 aromatic rings. The second-order valence-corrected chi connectivity index (χ2v) is 12.3. The van der Waals surface area contributed by atoms with Crippen LogP contribution in [0.25, 0.3) is 10.8 Å². The highest BCUT2D eigenvalue weighted by Crippen LogP contribution is 2.64. The van der Waals surface area contributed by atoms with E-state index >= 15 is 0 Å². The van der Waals surface area contributed by atoms with Crippen molar-refractivity contribution in [2.24, 2.45) is 29.1 Å². The summed E-state index contributed by atoms with van der Waals surface area (Å²) in [5.74, 6) is -5.34. The molecule has 1 N–H and O–H groups in total. The number of anilines is 1. The molecule has 4 aliphatic rings. The fourth-order valence-corrected chi connectivity index (χ4v) is 8.29. The van der Waals surface area contributed by atoms with Crippen LogP contribution in [0, 0.1) is 34.9 Å². The summed E-state index contributed by atoms with van der Waals surface area (Å²) in [7, 11) is 0. The Bertz CT molecular complexity index is 1770. The molecule has 9 heteroatoms. The highest BCUT2D eigenvalue weighted by Gasteiger charge is 2.67. The summed E-state index contributed by atoms with van der Waals surface area (Å²) in [6, 6.07) is 14.7. The highest BCUT2D eigenvalue weighted by molar-refractivity contribution is 6.31. The number of halogens is 2. The van der Waals surface area contributed by atoms with Crippen LogP contribution < -0.4 is 4.90 Å². The molecular formula is C33H28ClFN2O5. The quantitative estimate of drug-likeness (QED) is 0.319. The molecule has 3 aromatic carbocycles. The van der Waals surface area contributed by atoms with Gasteiger partial charge in [-0.2, -0.15) is 0 Å². The number of likely N-dealkylation sites (tertiary alicyclic amines) is 1. The molecule has 7 nitrogen and oxygen atoms in total. The van der Waals surface area contributed by atoms with Crippen molar-refractivity contribution in [2.45, 2.75) is 32.6 Å². The van der Waals surface area contributed by atoms with Gasteiger partial charge < -0.3 is 5.11 Å². The summed E-state index contributed by atoms with van der Waals surface area (Å²) in [6.07, 6.45) is 2.48. The van der Waals surface area contributed by atoms with E-state index in [1.165, 1.54) is 17.0 Å². The molecule has 4 amide bonds. The number of phenolic OH excluding ortho intramolecular Hbond substituents is 1. The van der Waals surface area contributed by atoms with E-state index in [0.717, 1.165) is 21.9 Å². The van der Waals surface area contributed by atoms with Gasteiger partial charge in [-0.1, -0.05) is 59.6 Å². The molecule has 6 atom stereocenters. The van der Waals surface area contributed by atoms with E-state index in [2.05, 4.69) is 0 Å². The van der Waals surface area contributed by atoms with E-state index in [9.17, 15) is 28.7 Å². The number of hydrogen-bond acceptors (Lipinski definition) is 5. The summed E-state index contributed by atoms with van der Waals surface area (Å²) in [6.45, 7) is 3.77. The fourth-order valence-electron chi connectivity index (χ4n) is 8.11. The van der Waals surface area contributed by atoms with Gasteiger partial charge in [-0.25, -0.2) is 9.29 Å². The summed E-state index contributed by atoms with van der Waals surface area (Å²) >= 11 is 6.05. The van der Waals surface area contributed by atoms with E-state index in [4.69, 9.17) is 11.6 Å². The van der Waals surface area contributed by atoms with Crippen molar-refractivity contribution >= 4 is 51.7 Å². The van der Waals surface area contributed by atoms with Gasteiger partial charge in [-0.3, -0.25) is 24.1 Å². The van der Waals surface area contributed by atoms with Gasteiger partial charge in [0.2, 0.25) is 23.6 Å². The predicted octanol–water partition coefficient (Wildman–Crippen LogP) is 5.59. The Morgan fingerprint density at radius 1 is 1.00 bits per heavy atom. The molecule has 3 fully saturated rings. The van der Waals surface area contributed by atoms with Crippen molar-refractivity contribution in [1.29, 1.82) is 0 Å². The minimum Gasteiger partial charge on any atom is -0.507 e. The number of carbonyl (C=O) groups excluding carboxylic acids is 4. The average molecular weight is 587 g/mol. The molecule has 0 unspecified atom stereocenters. The fraction of sp³-hybridized carbons (Fsp3) is 0.333. The smallest absolute Gasteiger partial charge is 0.241 e. The van der Waals surface area contributed by atoms with Crippen LogP contribution in [0.15, 0.2) is 66.2 Å². The lowest BCUT2D eigenvalue weighted by Gasteiger charge is -2.49. The van der Waals surface area contributed by atoms with Gasteiger partial charge in [-0.05, 0) is 56.2 Å². The second-order valence-electron chi connectivity index (χ2n) is 11.9.